The van der Waals surface area contributed by atoms with Crippen LogP contribution in [0.25, 0.3) is 0 Å². The van der Waals surface area contributed by atoms with Gasteiger partial charge in [-0.05, 0) is 46.3 Å². The lowest BCUT2D eigenvalue weighted by Crippen LogP contribution is -2.06. The van der Waals surface area contributed by atoms with Crippen LogP contribution >= 0.6 is 31.9 Å². The number of halogens is 2. The summed E-state index contributed by atoms with van der Waals surface area (Å²) in [5.74, 6) is 0.0996. The number of carbonyl (C=O) groups excluding carboxylic acids is 1. The predicted molar refractivity (Wildman–Crippen MR) is 65.5 cm³/mol. The standard InChI is InChI=1S/C11H6Br2O3/c12-7-2-1-3-8(6-7)15-11(14)9-4-5-10(13)16-9/h1-6H. The largest absolute Gasteiger partial charge is 0.442 e. The quantitative estimate of drug-likeness (QED) is 0.609. The van der Waals surface area contributed by atoms with Crippen LogP contribution in [0.5, 0.6) is 5.75 Å². The molecule has 5 heteroatoms. The molecule has 82 valence electrons. The van der Waals surface area contributed by atoms with E-state index >= 15 is 0 Å². The van der Waals surface area contributed by atoms with Crippen LogP contribution in [-0.2, 0) is 0 Å². The fourth-order valence-electron chi connectivity index (χ4n) is 1.11. The van der Waals surface area contributed by atoms with E-state index in [2.05, 4.69) is 31.9 Å². The number of hydrogen-bond acceptors (Lipinski definition) is 3. The van der Waals surface area contributed by atoms with Crippen molar-refractivity contribution in [2.24, 2.45) is 0 Å². The average Bonchev–Trinajstić information content (AvgIpc) is 2.65. The molecular formula is C11H6Br2O3. The second kappa shape index (κ2) is 4.84. The summed E-state index contributed by atoms with van der Waals surface area (Å²) in [5, 5.41) is 0. The lowest BCUT2D eigenvalue weighted by atomic mass is 10.3. The summed E-state index contributed by atoms with van der Waals surface area (Å²) in [6.45, 7) is 0. The number of ether oxygens (including phenoxy) is 1. The van der Waals surface area contributed by atoms with E-state index in [1.165, 1.54) is 0 Å². The number of esters is 1. The number of rotatable bonds is 2. The molecule has 1 aromatic heterocycles. The van der Waals surface area contributed by atoms with Crippen LogP contribution in [0.1, 0.15) is 10.6 Å². The third kappa shape index (κ3) is 2.74. The van der Waals surface area contributed by atoms with Crippen molar-refractivity contribution in [3.8, 4) is 5.75 Å². The molecule has 1 heterocycles. The Morgan fingerprint density at radius 1 is 1.19 bits per heavy atom. The SMILES string of the molecule is O=C(Oc1cccc(Br)c1)c1ccc(Br)o1. The van der Waals surface area contributed by atoms with Gasteiger partial charge in [-0.25, -0.2) is 4.79 Å². The van der Waals surface area contributed by atoms with Gasteiger partial charge >= 0.3 is 5.97 Å². The van der Waals surface area contributed by atoms with E-state index in [4.69, 9.17) is 9.15 Å². The van der Waals surface area contributed by atoms with Crippen LogP contribution in [0.15, 0.2) is 50.0 Å². The maximum Gasteiger partial charge on any atom is 0.379 e. The molecule has 2 rings (SSSR count). The normalized spacial score (nSPS) is 10.1. The summed E-state index contributed by atoms with van der Waals surface area (Å²) < 4.78 is 11.5. The van der Waals surface area contributed by atoms with E-state index < -0.39 is 5.97 Å². The van der Waals surface area contributed by atoms with Crippen LogP contribution in [0.3, 0.4) is 0 Å². The predicted octanol–water partition coefficient (Wildman–Crippen LogP) is 4.02. The highest BCUT2D eigenvalue weighted by molar-refractivity contribution is 9.10. The second-order valence-corrected chi connectivity index (χ2v) is 4.65. The minimum absolute atomic E-state index is 0.159. The highest BCUT2D eigenvalue weighted by Crippen LogP contribution is 2.20. The molecule has 0 unspecified atom stereocenters. The van der Waals surface area contributed by atoms with Gasteiger partial charge in [-0.15, -0.1) is 0 Å². The van der Waals surface area contributed by atoms with Crippen molar-refractivity contribution in [3.05, 3.63) is 51.3 Å². The summed E-state index contributed by atoms with van der Waals surface area (Å²) >= 11 is 6.41. The first-order valence-corrected chi connectivity index (χ1v) is 5.97. The molecule has 1 aromatic carbocycles. The van der Waals surface area contributed by atoms with Gasteiger partial charge in [0.25, 0.3) is 0 Å². The van der Waals surface area contributed by atoms with Gasteiger partial charge in [-0.2, -0.15) is 0 Å². The summed E-state index contributed by atoms with van der Waals surface area (Å²) in [4.78, 5) is 11.6. The summed E-state index contributed by atoms with van der Waals surface area (Å²) in [5.41, 5.74) is 0. The number of furan rings is 1. The fraction of sp³-hybridized carbons (Fsp3) is 0. The highest BCUT2D eigenvalue weighted by atomic mass is 79.9. The van der Waals surface area contributed by atoms with E-state index in [1.54, 1.807) is 30.3 Å². The highest BCUT2D eigenvalue weighted by Gasteiger charge is 2.12. The van der Waals surface area contributed by atoms with Crippen LogP contribution < -0.4 is 4.74 Å². The van der Waals surface area contributed by atoms with Crippen molar-refractivity contribution in [1.82, 2.24) is 0 Å². The average molecular weight is 346 g/mol. The van der Waals surface area contributed by atoms with E-state index in [0.29, 0.717) is 10.4 Å². The molecule has 16 heavy (non-hydrogen) atoms. The monoisotopic (exact) mass is 344 g/mol. The number of benzene rings is 1. The molecule has 0 radical (unpaired) electrons. The van der Waals surface area contributed by atoms with Gasteiger partial charge in [0.2, 0.25) is 5.76 Å². The third-order valence-corrected chi connectivity index (χ3v) is 2.70. The van der Waals surface area contributed by atoms with Crippen molar-refractivity contribution in [2.75, 3.05) is 0 Å². The number of carbonyl (C=O) groups is 1. The van der Waals surface area contributed by atoms with Crippen molar-refractivity contribution >= 4 is 37.8 Å². The topological polar surface area (TPSA) is 39.4 Å². The van der Waals surface area contributed by atoms with Gasteiger partial charge in [0.05, 0.1) is 0 Å². The zero-order chi connectivity index (χ0) is 11.5. The van der Waals surface area contributed by atoms with Gasteiger partial charge in [0.15, 0.2) is 4.67 Å². The first-order valence-electron chi connectivity index (χ1n) is 4.38. The summed E-state index contributed by atoms with van der Waals surface area (Å²) in [7, 11) is 0. The molecule has 2 aromatic rings. The Morgan fingerprint density at radius 2 is 2.00 bits per heavy atom. The Balaban J connectivity index is 2.13. The van der Waals surface area contributed by atoms with Gasteiger partial charge in [-0.1, -0.05) is 22.0 Å². The minimum atomic E-state index is -0.524. The maximum absolute atomic E-state index is 11.6. The van der Waals surface area contributed by atoms with Crippen molar-refractivity contribution in [2.45, 2.75) is 0 Å². The van der Waals surface area contributed by atoms with E-state index in [1.807, 2.05) is 6.07 Å². The molecule has 3 nitrogen and oxygen atoms in total. The first kappa shape index (κ1) is 11.4. The van der Waals surface area contributed by atoms with Crippen LogP contribution in [0.2, 0.25) is 0 Å². The zero-order valence-corrected chi connectivity index (χ0v) is 11.1. The smallest absolute Gasteiger partial charge is 0.379 e. The molecule has 0 saturated heterocycles. The Labute approximate surface area is 109 Å². The van der Waals surface area contributed by atoms with Crippen molar-refractivity contribution in [1.29, 1.82) is 0 Å². The van der Waals surface area contributed by atoms with Crippen LogP contribution in [0, 0.1) is 0 Å². The summed E-state index contributed by atoms with van der Waals surface area (Å²) in [6.07, 6.45) is 0. The van der Waals surface area contributed by atoms with Crippen molar-refractivity contribution in [3.63, 3.8) is 0 Å². The molecule has 0 N–H and O–H groups in total. The molecule has 0 bridgehead atoms. The first-order chi connectivity index (χ1) is 7.65. The molecule has 0 aliphatic heterocycles. The van der Waals surface area contributed by atoms with E-state index in [-0.39, 0.29) is 5.76 Å². The lowest BCUT2D eigenvalue weighted by molar-refractivity contribution is 0.0700. The van der Waals surface area contributed by atoms with Crippen molar-refractivity contribution < 1.29 is 13.9 Å². The third-order valence-electron chi connectivity index (χ3n) is 1.78. The van der Waals surface area contributed by atoms with Gasteiger partial charge in [-0.3, -0.25) is 0 Å². The lowest BCUT2D eigenvalue weighted by Gasteiger charge is -2.01. The van der Waals surface area contributed by atoms with E-state index in [9.17, 15) is 4.79 Å². The Kier molecular flexibility index (Phi) is 3.46. The molecule has 0 saturated carbocycles. The van der Waals surface area contributed by atoms with Gasteiger partial charge in [0.1, 0.15) is 5.75 Å². The zero-order valence-electron chi connectivity index (χ0n) is 7.94. The molecule has 0 aliphatic rings. The Morgan fingerprint density at radius 3 is 2.62 bits per heavy atom. The molecule has 0 fully saturated rings. The Hall–Kier alpha value is -1.07. The van der Waals surface area contributed by atoms with Gasteiger partial charge < -0.3 is 9.15 Å². The van der Waals surface area contributed by atoms with Crippen LogP contribution in [0.4, 0.5) is 0 Å². The molecule has 0 aliphatic carbocycles. The van der Waals surface area contributed by atoms with E-state index in [0.717, 1.165) is 4.47 Å². The van der Waals surface area contributed by atoms with Crippen LogP contribution in [-0.4, -0.2) is 5.97 Å². The minimum Gasteiger partial charge on any atom is -0.442 e. The van der Waals surface area contributed by atoms with Gasteiger partial charge in [0, 0.05) is 4.47 Å². The molecular weight excluding hydrogens is 340 g/mol. The maximum atomic E-state index is 11.6. The second-order valence-electron chi connectivity index (χ2n) is 2.95. The fourth-order valence-corrected chi connectivity index (χ4v) is 1.80. The summed E-state index contributed by atoms with van der Waals surface area (Å²) in [6, 6.07) is 10.2. The Bertz CT molecular complexity index is 519. The molecule has 0 spiro atoms. The number of hydrogen-bond donors (Lipinski definition) is 0. The molecule has 0 amide bonds. The molecule has 0 atom stereocenters.